The maximum atomic E-state index is 12.5. The van der Waals surface area contributed by atoms with Crippen molar-refractivity contribution in [2.24, 2.45) is 10.9 Å². The zero-order valence-corrected chi connectivity index (χ0v) is 20.7. The van der Waals surface area contributed by atoms with Crippen LogP contribution < -0.4 is 10.8 Å². The van der Waals surface area contributed by atoms with Crippen molar-refractivity contribution in [1.82, 2.24) is 14.6 Å². The number of anilines is 1. The minimum absolute atomic E-state index is 0. The van der Waals surface area contributed by atoms with Gasteiger partial charge in [0.25, 0.3) is 0 Å². The van der Waals surface area contributed by atoms with Crippen LogP contribution in [0, 0.1) is 18.9 Å². The molecule has 175 valence electrons. The summed E-state index contributed by atoms with van der Waals surface area (Å²) in [5.74, 6) is 0.278. The first-order chi connectivity index (χ1) is 15.7. The molecule has 1 aliphatic rings. The molecular weight excluding hydrogens is 656 g/mol. The van der Waals surface area contributed by atoms with Gasteiger partial charge in [-0.1, -0.05) is 49.2 Å². The maximum Gasteiger partial charge on any atom is 0.227 e. The van der Waals surface area contributed by atoms with Crippen LogP contribution >= 0.6 is 0 Å². The number of H-pyrrole nitrogens is 1. The molecule has 0 bridgehead atoms. The normalized spacial score (nSPS) is 14.4. The quantitative estimate of drug-likeness (QED) is 0.301. The monoisotopic (exact) mass is 682 g/mol. The van der Waals surface area contributed by atoms with E-state index in [4.69, 9.17) is 4.99 Å². The summed E-state index contributed by atoms with van der Waals surface area (Å²) in [4.78, 5) is 20.7. The van der Waals surface area contributed by atoms with E-state index in [0.717, 1.165) is 59.3 Å². The predicted octanol–water partition coefficient (Wildman–Crippen LogP) is 4.67. The Bertz CT molecular complexity index is 1330. The molecule has 1 fully saturated rings. The van der Waals surface area contributed by atoms with E-state index in [1.807, 2.05) is 42.5 Å². The zero-order valence-electron chi connectivity index (χ0n) is 18.4. The number of benzene rings is 2. The number of fused-ring (bicyclic) bond motifs is 1. The van der Waals surface area contributed by atoms with Crippen LogP contribution in [0.2, 0.25) is 0 Å². The average molecular weight is 683 g/mol. The fourth-order valence-corrected chi connectivity index (χ4v) is 4.37. The van der Waals surface area contributed by atoms with Gasteiger partial charge in [-0.05, 0) is 48.7 Å². The Kier molecular flexibility index (Phi) is 6.02. The number of hydrogen-bond donors (Lipinski definition) is 2. The topological polar surface area (TPSA) is 74.6 Å². The van der Waals surface area contributed by atoms with E-state index in [1.54, 1.807) is 10.7 Å². The summed E-state index contributed by atoms with van der Waals surface area (Å²) in [6.45, 7) is 2.58. The number of aromatic nitrogens is 3. The molecule has 7 heteroatoms. The van der Waals surface area contributed by atoms with Crippen molar-refractivity contribution in [3.8, 4) is 11.3 Å². The number of amides is 1. The van der Waals surface area contributed by atoms with Gasteiger partial charge in [0.2, 0.25) is 5.91 Å². The molecule has 1 aliphatic carbocycles. The van der Waals surface area contributed by atoms with Gasteiger partial charge in [0.15, 0.2) is 0 Å². The minimum atomic E-state index is 0. The van der Waals surface area contributed by atoms with Gasteiger partial charge in [0.05, 0.1) is 6.54 Å². The third kappa shape index (κ3) is 4.51. The van der Waals surface area contributed by atoms with Crippen molar-refractivity contribution in [1.29, 1.82) is 0 Å². The number of aryl methyl sites for hydroxylation is 1. The van der Waals surface area contributed by atoms with Gasteiger partial charge >= 0.3 is 0 Å². The average Bonchev–Trinajstić information content (AvgIpc) is 3.50. The summed E-state index contributed by atoms with van der Waals surface area (Å²) < 4.78 is 1.76. The Hall–Kier alpha value is -4.67. The van der Waals surface area contributed by atoms with E-state index in [0.29, 0.717) is 6.54 Å². The molecule has 4 aromatic rings. The molecule has 1 radical (unpaired) electrons. The van der Waals surface area contributed by atoms with E-state index in [-0.39, 0.29) is 11.8 Å². The molecule has 6 nitrogen and oxygen atoms in total. The summed E-state index contributed by atoms with van der Waals surface area (Å²) in [5.41, 5.74) is 6.66. The molecule has 0 atom stereocenters. The molecule has 2 heterocycles. The molecule has 0 spiro atoms. The summed E-state index contributed by atoms with van der Waals surface area (Å²) >= 11 is 0. The van der Waals surface area contributed by atoms with Gasteiger partial charge in [0.1, 0.15) is 5.49 Å². The first kappa shape index (κ1) is 21.6. The fourth-order valence-electron chi connectivity index (χ4n) is 4.37. The van der Waals surface area contributed by atoms with Crippen LogP contribution in [0.5, 0.6) is 0 Å². The number of hydrogen-bond acceptors (Lipinski definition) is 3. The van der Waals surface area contributed by atoms with Gasteiger partial charge in [-0.3, -0.25) is 9.79 Å². The predicted molar refractivity (Wildman–Crippen MR) is 125 cm³/mol. The van der Waals surface area contributed by atoms with Crippen LogP contribution in [0.1, 0.15) is 36.8 Å². The molecule has 1 amide bonds. The van der Waals surface area contributed by atoms with E-state index < -0.39 is 0 Å². The summed E-state index contributed by atoms with van der Waals surface area (Å²) in [7, 11) is 0. The maximum absolute atomic E-state index is 12.5. The number of carbonyl (C=O) groups is 1. The molecule has 2 aromatic heterocycles. The van der Waals surface area contributed by atoms with Crippen molar-refractivity contribution in [2.45, 2.75) is 39.2 Å². The molecular formula is C26H26MdN5O-. The Balaban J connectivity index is 0.00000259. The molecule has 0 unspecified atom stereocenters. The second-order valence-corrected chi connectivity index (χ2v) is 8.39. The third-order valence-corrected chi connectivity index (χ3v) is 6.11. The summed E-state index contributed by atoms with van der Waals surface area (Å²) in [6.07, 6.45) is 5.92. The molecule has 5 rings (SSSR count). The fraction of sp³-hybridized carbons (Fsp3) is 0.269. The largest absolute Gasteiger partial charge is 0.406 e. The molecule has 0 saturated heterocycles. The van der Waals surface area contributed by atoms with E-state index >= 15 is 0 Å². The Morgan fingerprint density at radius 1 is 1.18 bits per heavy atom. The van der Waals surface area contributed by atoms with Crippen LogP contribution in [0.4, 0.5) is 5.69 Å². The first-order valence-electron chi connectivity index (χ1n) is 11.1. The van der Waals surface area contributed by atoms with Crippen molar-refractivity contribution < 1.29 is 4.79 Å². The Morgan fingerprint density at radius 3 is 2.82 bits per heavy atom. The number of nitrogens with zero attached hydrogens (tertiary/aromatic N) is 3. The van der Waals surface area contributed by atoms with Gasteiger partial charge < -0.3 is 16.4 Å². The second-order valence-electron chi connectivity index (χ2n) is 8.39. The van der Waals surface area contributed by atoms with Crippen LogP contribution in [0.3, 0.4) is 0 Å². The SMILES string of the molecule is Cc1ccccc1-c1cc(=NCc2cccc(NC(=O)C3CCCC3)c2)n2nc[c-]c2[nH]1.[Md]. The first-order valence-corrected chi connectivity index (χ1v) is 11.1. The van der Waals surface area contributed by atoms with Gasteiger partial charge in [-0.15, -0.1) is 6.20 Å². The van der Waals surface area contributed by atoms with Crippen molar-refractivity contribution in [2.75, 3.05) is 5.32 Å². The second kappa shape index (κ2) is 9.22. The van der Waals surface area contributed by atoms with E-state index in [1.165, 1.54) is 5.56 Å². The zero-order chi connectivity index (χ0) is 21.9. The Labute approximate surface area is 187 Å². The minimum Gasteiger partial charge on any atom is -0.406 e. The summed E-state index contributed by atoms with van der Waals surface area (Å²) in [6, 6.07) is 21.3. The number of nitrogens with one attached hydrogen (secondary N) is 2. The third-order valence-electron chi connectivity index (χ3n) is 6.11. The molecule has 2 N–H and O–H groups in total. The molecule has 0 aliphatic heterocycles. The molecule has 33 heavy (non-hydrogen) atoms. The number of carbonyl (C=O) groups excluding carboxylic acids is 1. The van der Waals surface area contributed by atoms with Crippen molar-refractivity contribution >= 4 is 17.2 Å². The number of aromatic amines is 1. The Morgan fingerprint density at radius 2 is 2.00 bits per heavy atom. The smallest absolute Gasteiger partial charge is 0.227 e. The van der Waals surface area contributed by atoms with Crippen LogP contribution in [0.25, 0.3) is 16.9 Å². The van der Waals surface area contributed by atoms with Gasteiger partial charge in [0, 0.05) is 28.9 Å². The van der Waals surface area contributed by atoms with Crippen LogP contribution in [0.15, 0.2) is 65.8 Å². The van der Waals surface area contributed by atoms with Crippen LogP contribution in [-0.2, 0) is 11.3 Å². The molecule has 2 aromatic carbocycles. The van der Waals surface area contributed by atoms with E-state index in [2.05, 4.69) is 40.5 Å². The standard InChI is InChI=1S/C26H26N5O.Md/c1-18-7-2-5-12-22(18)23-16-25(31-24(30-23)13-14-28-31)27-17-19-8-6-11-21(15-19)29-26(32)20-9-3-4-10-20;/h2,5-8,11-12,14-16,20,30H,3-4,9-10,17H2,1H3,(H,29,32);/q-1;. The number of rotatable bonds is 5. The summed E-state index contributed by atoms with van der Waals surface area (Å²) in [5, 5.41) is 7.44. The molecule has 1 saturated carbocycles. The van der Waals surface area contributed by atoms with E-state index in [9.17, 15) is 4.79 Å². The van der Waals surface area contributed by atoms with Crippen molar-refractivity contribution in [3.05, 3.63) is 83.5 Å². The van der Waals surface area contributed by atoms with Crippen LogP contribution in [-0.4, -0.2) is 20.5 Å². The van der Waals surface area contributed by atoms with Gasteiger partial charge in [-0.25, -0.2) is 9.61 Å². The van der Waals surface area contributed by atoms with Gasteiger partial charge in [-0.2, -0.15) is 0 Å². The van der Waals surface area contributed by atoms with Crippen molar-refractivity contribution in [3.63, 3.8) is 0 Å².